The van der Waals surface area contributed by atoms with Crippen LogP contribution in [0.4, 0.5) is 5.69 Å². The predicted molar refractivity (Wildman–Crippen MR) is 63.6 cm³/mol. The van der Waals surface area contributed by atoms with Crippen molar-refractivity contribution < 1.29 is 9.53 Å². The monoisotopic (exact) mass is 239 g/mol. The molecule has 1 aliphatic carbocycles. The summed E-state index contributed by atoms with van der Waals surface area (Å²) in [6.45, 7) is 0. The molecule has 1 unspecified atom stereocenters. The molecule has 1 saturated carbocycles. The second kappa shape index (κ2) is 4.74. The highest BCUT2D eigenvalue weighted by atomic mass is 35.5. The lowest BCUT2D eigenvalue weighted by Crippen LogP contribution is -2.32. The molecule has 0 saturated heterocycles. The topological polar surface area (TPSA) is 38.3 Å². The first kappa shape index (κ1) is 11.3. The Kier molecular flexibility index (Phi) is 3.34. The largest absolute Gasteiger partial charge is 0.467 e. The number of benzene rings is 1. The third-order valence-corrected chi connectivity index (χ3v) is 2.97. The van der Waals surface area contributed by atoms with Crippen LogP contribution < -0.4 is 5.32 Å². The maximum Gasteiger partial charge on any atom is 0.328 e. The van der Waals surface area contributed by atoms with E-state index in [4.69, 9.17) is 16.3 Å². The molecule has 86 valence electrons. The molecule has 0 radical (unpaired) electrons. The van der Waals surface area contributed by atoms with E-state index in [1.165, 1.54) is 7.11 Å². The molecular weight excluding hydrogens is 226 g/mol. The number of carbonyl (C=O) groups is 1. The van der Waals surface area contributed by atoms with Crippen molar-refractivity contribution in [2.75, 3.05) is 12.4 Å². The first-order valence-electron chi connectivity index (χ1n) is 5.30. The van der Waals surface area contributed by atoms with Gasteiger partial charge in [0.15, 0.2) is 0 Å². The molecule has 4 heteroatoms. The van der Waals surface area contributed by atoms with Crippen LogP contribution in [0, 0.1) is 5.92 Å². The van der Waals surface area contributed by atoms with Gasteiger partial charge in [-0.25, -0.2) is 4.79 Å². The van der Waals surface area contributed by atoms with E-state index in [0.717, 1.165) is 18.5 Å². The fourth-order valence-corrected chi connectivity index (χ4v) is 1.78. The highest BCUT2D eigenvalue weighted by molar-refractivity contribution is 6.30. The Morgan fingerprint density at radius 1 is 1.44 bits per heavy atom. The van der Waals surface area contributed by atoms with Gasteiger partial charge in [-0.15, -0.1) is 0 Å². The number of halogens is 1. The Hall–Kier alpha value is -1.22. The smallest absolute Gasteiger partial charge is 0.328 e. The highest BCUT2D eigenvalue weighted by Gasteiger charge is 2.36. The van der Waals surface area contributed by atoms with Crippen molar-refractivity contribution in [3.8, 4) is 0 Å². The minimum absolute atomic E-state index is 0.197. The number of esters is 1. The van der Waals surface area contributed by atoms with E-state index in [1.807, 2.05) is 12.1 Å². The van der Waals surface area contributed by atoms with Crippen LogP contribution >= 0.6 is 11.6 Å². The first-order chi connectivity index (χ1) is 7.70. The van der Waals surface area contributed by atoms with E-state index in [1.54, 1.807) is 12.1 Å². The molecule has 2 rings (SSSR count). The van der Waals surface area contributed by atoms with Crippen molar-refractivity contribution >= 4 is 23.3 Å². The molecule has 1 aromatic rings. The van der Waals surface area contributed by atoms with Crippen molar-refractivity contribution in [1.29, 1.82) is 0 Å². The molecule has 0 bridgehead atoms. The van der Waals surface area contributed by atoms with Crippen LogP contribution in [0.15, 0.2) is 24.3 Å². The summed E-state index contributed by atoms with van der Waals surface area (Å²) in [7, 11) is 1.42. The average Bonchev–Trinajstić information content (AvgIpc) is 3.11. The maximum atomic E-state index is 11.6. The summed E-state index contributed by atoms with van der Waals surface area (Å²) in [6.07, 6.45) is 2.17. The van der Waals surface area contributed by atoms with E-state index in [9.17, 15) is 4.79 Å². The Morgan fingerprint density at radius 2 is 2.06 bits per heavy atom. The zero-order chi connectivity index (χ0) is 11.5. The highest BCUT2D eigenvalue weighted by Crippen LogP contribution is 2.34. The zero-order valence-corrected chi connectivity index (χ0v) is 9.83. The van der Waals surface area contributed by atoms with Gasteiger partial charge >= 0.3 is 5.97 Å². The Bertz CT molecular complexity index is 373. The van der Waals surface area contributed by atoms with Gasteiger partial charge in [0.05, 0.1) is 7.11 Å². The number of methoxy groups -OCH3 is 1. The summed E-state index contributed by atoms with van der Waals surface area (Å²) in [5, 5.41) is 3.87. The number of anilines is 1. The van der Waals surface area contributed by atoms with Gasteiger partial charge in [0.25, 0.3) is 0 Å². The molecule has 16 heavy (non-hydrogen) atoms. The van der Waals surface area contributed by atoms with Gasteiger partial charge in [-0.1, -0.05) is 11.6 Å². The van der Waals surface area contributed by atoms with Crippen molar-refractivity contribution in [3.05, 3.63) is 29.3 Å². The molecule has 0 aliphatic heterocycles. The number of hydrogen-bond acceptors (Lipinski definition) is 3. The van der Waals surface area contributed by atoms with Crippen LogP contribution in [0.1, 0.15) is 12.8 Å². The van der Waals surface area contributed by atoms with Gasteiger partial charge < -0.3 is 10.1 Å². The van der Waals surface area contributed by atoms with Gasteiger partial charge in [-0.05, 0) is 43.0 Å². The second-order valence-electron chi connectivity index (χ2n) is 3.99. The third kappa shape index (κ3) is 2.67. The maximum absolute atomic E-state index is 11.6. The Labute approximate surface area is 99.7 Å². The van der Waals surface area contributed by atoms with E-state index < -0.39 is 0 Å². The fourth-order valence-electron chi connectivity index (χ4n) is 1.65. The molecule has 0 aromatic heterocycles. The minimum Gasteiger partial charge on any atom is -0.467 e. The molecule has 1 aromatic carbocycles. The van der Waals surface area contributed by atoms with Crippen LogP contribution in [0.5, 0.6) is 0 Å². The van der Waals surface area contributed by atoms with Crippen LogP contribution in [-0.4, -0.2) is 19.1 Å². The lowest BCUT2D eigenvalue weighted by molar-refractivity contribution is -0.142. The number of ether oxygens (including phenoxy) is 1. The van der Waals surface area contributed by atoms with Gasteiger partial charge in [-0.2, -0.15) is 0 Å². The molecule has 1 fully saturated rings. The molecule has 0 heterocycles. The molecule has 0 amide bonds. The minimum atomic E-state index is -0.230. The lowest BCUT2D eigenvalue weighted by Gasteiger charge is -2.16. The predicted octanol–water partition coefficient (Wildman–Crippen LogP) is 2.70. The molecule has 3 nitrogen and oxygen atoms in total. The standard InChI is InChI=1S/C12H14ClNO2/c1-16-12(15)11(8-2-3-8)14-10-6-4-9(13)5-7-10/h4-8,11,14H,2-3H2,1H3. The summed E-state index contributed by atoms with van der Waals surface area (Å²) < 4.78 is 4.78. The van der Waals surface area contributed by atoms with E-state index in [2.05, 4.69) is 5.32 Å². The lowest BCUT2D eigenvalue weighted by atomic mass is 10.1. The Morgan fingerprint density at radius 3 is 2.56 bits per heavy atom. The van der Waals surface area contributed by atoms with E-state index in [0.29, 0.717) is 10.9 Å². The zero-order valence-electron chi connectivity index (χ0n) is 9.07. The number of nitrogens with one attached hydrogen (secondary N) is 1. The van der Waals surface area contributed by atoms with Crippen molar-refractivity contribution in [2.24, 2.45) is 5.92 Å². The quantitative estimate of drug-likeness (QED) is 0.821. The number of carbonyl (C=O) groups excluding carboxylic acids is 1. The number of hydrogen-bond donors (Lipinski definition) is 1. The normalized spacial score (nSPS) is 16.6. The van der Waals surface area contributed by atoms with Crippen LogP contribution in [0.25, 0.3) is 0 Å². The first-order valence-corrected chi connectivity index (χ1v) is 5.68. The van der Waals surface area contributed by atoms with Crippen LogP contribution in [-0.2, 0) is 9.53 Å². The average molecular weight is 240 g/mol. The summed E-state index contributed by atoms with van der Waals surface area (Å²) >= 11 is 5.79. The second-order valence-corrected chi connectivity index (χ2v) is 4.43. The summed E-state index contributed by atoms with van der Waals surface area (Å²) in [5.74, 6) is 0.209. The fraction of sp³-hybridized carbons (Fsp3) is 0.417. The van der Waals surface area contributed by atoms with Gasteiger partial charge in [0.2, 0.25) is 0 Å². The Balaban J connectivity index is 2.05. The van der Waals surface area contributed by atoms with Crippen molar-refractivity contribution in [1.82, 2.24) is 0 Å². The van der Waals surface area contributed by atoms with Gasteiger partial charge in [0, 0.05) is 10.7 Å². The molecule has 1 atom stereocenters. The molecule has 1 aliphatic rings. The SMILES string of the molecule is COC(=O)C(Nc1ccc(Cl)cc1)C1CC1. The molecule has 0 spiro atoms. The third-order valence-electron chi connectivity index (χ3n) is 2.71. The van der Waals surface area contributed by atoms with Crippen LogP contribution in [0.3, 0.4) is 0 Å². The van der Waals surface area contributed by atoms with Gasteiger partial charge in [-0.3, -0.25) is 0 Å². The van der Waals surface area contributed by atoms with E-state index >= 15 is 0 Å². The summed E-state index contributed by atoms with van der Waals surface area (Å²) in [4.78, 5) is 11.6. The van der Waals surface area contributed by atoms with Crippen molar-refractivity contribution in [2.45, 2.75) is 18.9 Å². The molecule has 1 N–H and O–H groups in total. The summed E-state index contributed by atoms with van der Waals surface area (Å²) in [5.41, 5.74) is 0.895. The van der Waals surface area contributed by atoms with Gasteiger partial charge in [0.1, 0.15) is 6.04 Å². The van der Waals surface area contributed by atoms with Crippen LogP contribution in [0.2, 0.25) is 5.02 Å². The van der Waals surface area contributed by atoms with Crippen molar-refractivity contribution in [3.63, 3.8) is 0 Å². The van der Waals surface area contributed by atoms with E-state index in [-0.39, 0.29) is 12.0 Å². The summed E-state index contributed by atoms with van der Waals surface area (Å²) in [6, 6.07) is 7.09. The molecular formula is C12H14ClNO2. The number of rotatable bonds is 4.